The van der Waals surface area contributed by atoms with E-state index in [1.54, 1.807) is 13.0 Å². The lowest BCUT2D eigenvalue weighted by atomic mass is 9.82. The summed E-state index contributed by atoms with van der Waals surface area (Å²) < 4.78 is 19.2. The van der Waals surface area contributed by atoms with Crippen molar-refractivity contribution in [3.05, 3.63) is 73.3 Å². The van der Waals surface area contributed by atoms with E-state index in [4.69, 9.17) is 4.74 Å². The number of rotatable bonds is 2. The maximum absolute atomic E-state index is 14.4. The summed E-state index contributed by atoms with van der Waals surface area (Å²) in [4.78, 5) is 40.7. The van der Waals surface area contributed by atoms with Crippen LogP contribution in [0.2, 0.25) is 0 Å². The van der Waals surface area contributed by atoms with E-state index in [0.717, 1.165) is 0 Å². The smallest absolute Gasteiger partial charge is 0.336 e. The molecule has 124 valence electrons. The average molecular weight is 331 g/mol. The van der Waals surface area contributed by atoms with Crippen molar-refractivity contribution in [2.45, 2.75) is 12.8 Å². The Labute approximate surface area is 135 Å². The van der Waals surface area contributed by atoms with Gasteiger partial charge in [-0.15, -0.1) is 0 Å². The molecule has 1 aromatic carbocycles. The van der Waals surface area contributed by atoms with Gasteiger partial charge in [-0.1, -0.05) is 18.2 Å². The van der Waals surface area contributed by atoms with E-state index in [1.807, 2.05) is 0 Å². The molecule has 8 heteroatoms. The number of hydrogen-bond donors (Lipinski definition) is 3. The van der Waals surface area contributed by atoms with Crippen LogP contribution >= 0.6 is 0 Å². The first kappa shape index (κ1) is 15.7. The Hall–Kier alpha value is -3.16. The molecule has 1 aliphatic rings. The summed E-state index contributed by atoms with van der Waals surface area (Å²) in [5.41, 5.74) is -0.754. The molecule has 2 aromatic rings. The molecule has 1 atom stereocenters. The van der Waals surface area contributed by atoms with Gasteiger partial charge >= 0.3 is 11.7 Å². The highest BCUT2D eigenvalue weighted by molar-refractivity contribution is 5.94. The van der Waals surface area contributed by atoms with Gasteiger partial charge in [0.25, 0.3) is 5.56 Å². The summed E-state index contributed by atoms with van der Waals surface area (Å²) in [6.07, 6.45) is 0. The highest BCUT2D eigenvalue weighted by Gasteiger charge is 2.36. The number of benzene rings is 1. The van der Waals surface area contributed by atoms with Crippen LogP contribution in [-0.2, 0) is 9.53 Å². The third-order valence-electron chi connectivity index (χ3n) is 3.89. The van der Waals surface area contributed by atoms with Crippen LogP contribution in [-0.4, -0.2) is 23.0 Å². The summed E-state index contributed by atoms with van der Waals surface area (Å²) in [7, 11) is 1.20. The van der Waals surface area contributed by atoms with Crippen molar-refractivity contribution in [2.75, 3.05) is 12.4 Å². The first-order chi connectivity index (χ1) is 11.4. The zero-order valence-electron chi connectivity index (χ0n) is 12.9. The number of H-pyrrole nitrogens is 2. The van der Waals surface area contributed by atoms with Crippen LogP contribution in [0.5, 0.6) is 0 Å². The Morgan fingerprint density at radius 1 is 1.21 bits per heavy atom. The Kier molecular flexibility index (Phi) is 3.80. The van der Waals surface area contributed by atoms with Gasteiger partial charge in [0.05, 0.1) is 24.2 Å². The molecular formula is C16H14FN3O4. The van der Waals surface area contributed by atoms with E-state index in [0.29, 0.717) is 5.70 Å². The fourth-order valence-corrected chi connectivity index (χ4v) is 2.89. The monoisotopic (exact) mass is 331 g/mol. The molecule has 7 nitrogen and oxygen atoms in total. The van der Waals surface area contributed by atoms with Gasteiger partial charge in [0.2, 0.25) is 0 Å². The number of aromatic amines is 2. The van der Waals surface area contributed by atoms with Crippen molar-refractivity contribution in [3.8, 4) is 0 Å². The number of methoxy groups -OCH3 is 1. The second-order valence-electron chi connectivity index (χ2n) is 5.31. The molecule has 3 N–H and O–H groups in total. The van der Waals surface area contributed by atoms with E-state index in [1.165, 1.54) is 25.3 Å². The quantitative estimate of drug-likeness (QED) is 0.718. The van der Waals surface area contributed by atoms with Gasteiger partial charge in [-0.3, -0.25) is 14.8 Å². The number of esters is 1. The van der Waals surface area contributed by atoms with Gasteiger partial charge < -0.3 is 10.1 Å². The van der Waals surface area contributed by atoms with Gasteiger partial charge in [0.15, 0.2) is 0 Å². The molecule has 0 bridgehead atoms. The van der Waals surface area contributed by atoms with E-state index in [9.17, 15) is 18.8 Å². The topological polar surface area (TPSA) is 104 Å². The Balaban J connectivity index is 2.37. The van der Waals surface area contributed by atoms with Crippen LogP contribution in [0.3, 0.4) is 0 Å². The second-order valence-corrected chi connectivity index (χ2v) is 5.31. The number of ether oxygens (including phenoxy) is 1. The minimum Gasteiger partial charge on any atom is -0.466 e. The van der Waals surface area contributed by atoms with Gasteiger partial charge in [0, 0.05) is 11.3 Å². The normalized spacial score (nSPS) is 16.4. The largest absolute Gasteiger partial charge is 0.466 e. The van der Waals surface area contributed by atoms with Crippen LogP contribution in [0, 0.1) is 5.82 Å². The Morgan fingerprint density at radius 2 is 1.92 bits per heavy atom. The molecule has 24 heavy (non-hydrogen) atoms. The fraction of sp³-hybridized carbons (Fsp3) is 0.188. The third-order valence-corrected chi connectivity index (χ3v) is 3.89. The lowest BCUT2D eigenvalue weighted by molar-refractivity contribution is -0.136. The zero-order chi connectivity index (χ0) is 17.4. The first-order valence-corrected chi connectivity index (χ1v) is 7.11. The molecule has 3 rings (SSSR count). The van der Waals surface area contributed by atoms with Crippen LogP contribution in [0.1, 0.15) is 24.0 Å². The van der Waals surface area contributed by atoms with Crippen LogP contribution in [0.15, 0.2) is 45.1 Å². The van der Waals surface area contributed by atoms with E-state index < -0.39 is 29.0 Å². The molecule has 0 fully saturated rings. The predicted molar refractivity (Wildman–Crippen MR) is 84.3 cm³/mol. The molecule has 1 aliphatic heterocycles. The maximum atomic E-state index is 14.4. The molecule has 0 amide bonds. The molecule has 1 aromatic heterocycles. The minimum absolute atomic E-state index is 0.0469. The lowest BCUT2D eigenvalue weighted by Gasteiger charge is -2.28. The lowest BCUT2D eigenvalue weighted by Crippen LogP contribution is -2.35. The van der Waals surface area contributed by atoms with E-state index in [2.05, 4.69) is 15.3 Å². The first-order valence-electron chi connectivity index (χ1n) is 7.11. The summed E-state index contributed by atoms with van der Waals surface area (Å²) >= 11 is 0. The molecule has 1 unspecified atom stereocenters. The Bertz CT molecular complexity index is 974. The summed E-state index contributed by atoms with van der Waals surface area (Å²) in [5, 5.41) is 2.81. The number of aromatic nitrogens is 2. The summed E-state index contributed by atoms with van der Waals surface area (Å²) in [5.74, 6) is -2.14. The number of carbonyl (C=O) groups excluding carboxylic acids is 1. The highest BCUT2D eigenvalue weighted by Crippen LogP contribution is 2.39. The van der Waals surface area contributed by atoms with Crippen LogP contribution in [0.4, 0.5) is 10.2 Å². The van der Waals surface area contributed by atoms with Crippen molar-refractivity contribution in [2.24, 2.45) is 0 Å². The molecule has 0 aliphatic carbocycles. The number of allylic oxidation sites excluding steroid dienone is 1. The van der Waals surface area contributed by atoms with Gasteiger partial charge in [0.1, 0.15) is 11.6 Å². The molecule has 2 heterocycles. The highest BCUT2D eigenvalue weighted by atomic mass is 19.1. The number of fused-ring (bicyclic) bond motifs is 1. The average Bonchev–Trinajstić information content (AvgIpc) is 2.53. The van der Waals surface area contributed by atoms with Crippen molar-refractivity contribution in [3.63, 3.8) is 0 Å². The van der Waals surface area contributed by atoms with Gasteiger partial charge in [-0.05, 0) is 13.0 Å². The number of nitrogens with one attached hydrogen (secondary N) is 3. The molecule has 0 saturated carbocycles. The standard InChI is InChI=1S/C16H14FN3O4/c1-7-10(15(22)24-2)11(8-5-3-4-6-9(8)17)12-13(18-7)19-16(23)20-14(12)21/h3-6,11H,1-2H3,(H3,18,19,20,21,23). The Morgan fingerprint density at radius 3 is 2.58 bits per heavy atom. The number of carbonyl (C=O) groups is 1. The minimum atomic E-state index is -1.00. The third kappa shape index (κ3) is 2.41. The molecular weight excluding hydrogens is 317 g/mol. The maximum Gasteiger partial charge on any atom is 0.336 e. The van der Waals surface area contributed by atoms with Crippen molar-refractivity contribution in [1.82, 2.24) is 9.97 Å². The SMILES string of the molecule is COC(=O)C1=C(C)Nc2[nH]c(=O)[nH]c(=O)c2C1c1ccccc1F. The number of anilines is 1. The zero-order valence-corrected chi connectivity index (χ0v) is 12.9. The molecule has 0 saturated heterocycles. The van der Waals surface area contributed by atoms with Gasteiger partial charge in [-0.25, -0.2) is 14.0 Å². The van der Waals surface area contributed by atoms with Crippen LogP contribution < -0.4 is 16.6 Å². The predicted octanol–water partition coefficient (Wildman–Crippen LogP) is 1.21. The van der Waals surface area contributed by atoms with Crippen molar-refractivity contribution < 1.29 is 13.9 Å². The molecule has 0 radical (unpaired) electrons. The fourth-order valence-electron chi connectivity index (χ4n) is 2.89. The summed E-state index contributed by atoms with van der Waals surface area (Å²) in [6, 6.07) is 5.83. The number of hydrogen-bond acceptors (Lipinski definition) is 5. The second kappa shape index (κ2) is 5.80. The van der Waals surface area contributed by atoms with Crippen molar-refractivity contribution >= 4 is 11.8 Å². The van der Waals surface area contributed by atoms with E-state index in [-0.39, 0.29) is 22.5 Å². The molecule has 0 spiro atoms. The van der Waals surface area contributed by atoms with E-state index >= 15 is 0 Å². The number of halogens is 1. The summed E-state index contributed by atoms with van der Waals surface area (Å²) in [6.45, 7) is 1.59. The van der Waals surface area contributed by atoms with Crippen molar-refractivity contribution in [1.29, 1.82) is 0 Å². The van der Waals surface area contributed by atoms with Crippen LogP contribution in [0.25, 0.3) is 0 Å². The van der Waals surface area contributed by atoms with Gasteiger partial charge in [-0.2, -0.15) is 0 Å².